The van der Waals surface area contributed by atoms with Crippen molar-refractivity contribution in [1.29, 1.82) is 0 Å². The Labute approximate surface area is 129 Å². The van der Waals surface area contributed by atoms with Crippen molar-refractivity contribution >= 4 is 38.0 Å². The fraction of sp³-hybridized carbons (Fsp3) is 0.385. The minimum atomic E-state index is -0.223. The zero-order valence-electron chi connectivity index (χ0n) is 11.7. The predicted octanol–water partition coefficient (Wildman–Crippen LogP) is 2.45. The largest absolute Gasteiger partial charge is 0.374 e. The maximum absolute atomic E-state index is 12.6. The van der Waals surface area contributed by atoms with Crippen LogP contribution in [0.2, 0.25) is 0 Å². The SMILES string of the molecule is CCCc1cc2c(=O)n([C@H](C)c3nnc(N)s3)cnc2s1. The highest BCUT2D eigenvalue weighted by Gasteiger charge is 2.17. The number of nitrogens with zero attached hydrogens (tertiary/aromatic N) is 4. The van der Waals surface area contributed by atoms with Crippen molar-refractivity contribution in [2.24, 2.45) is 0 Å². The van der Waals surface area contributed by atoms with Gasteiger partial charge in [-0.3, -0.25) is 9.36 Å². The second kappa shape index (κ2) is 5.53. The number of aryl methyl sites for hydroxylation is 1. The fourth-order valence-corrected chi connectivity index (χ4v) is 3.92. The van der Waals surface area contributed by atoms with Crippen LogP contribution in [0, 0.1) is 0 Å². The van der Waals surface area contributed by atoms with Gasteiger partial charge < -0.3 is 5.73 Å². The Morgan fingerprint density at radius 2 is 2.19 bits per heavy atom. The molecule has 0 bridgehead atoms. The highest BCUT2D eigenvalue weighted by atomic mass is 32.1. The first kappa shape index (κ1) is 14.2. The Morgan fingerprint density at radius 3 is 2.86 bits per heavy atom. The van der Waals surface area contributed by atoms with E-state index in [9.17, 15) is 4.79 Å². The number of anilines is 1. The van der Waals surface area contributed by atoms with E-state index < -0.39 is 0 Å². The molecule has 0 saturated carbocycles. The molecule has 0 spiro atoms. The maximum atomic E-state index is 12.6. The van der Waals surface area contributed by atoms with Crippen LogP contribution in [0.5, 0.6) is 0 Å². The van der Waals surface area contributed by atoms with Crippen molar-refractivity contribution in [3.05, 3.63) is 32.6 Å². The lowest BCUT2D eigenvalue weighted by molar-refractivity contribution is 0.600. The molecule has 0 aliphatic heterocycles. The Bertz CT molecular complexity index is 835. The van der Waals surface area contributed by atoms with Crippen LogP contribution in [0.25, 0.3) is 10.2 Å². The molecule has 3 aromatic rings. The molecule has 1 atom stereocenters. The van der Waals surface area contributed by atoms with E-state index in [1.807, 2.05) is 13.0 Å². The van der Waals surface area contributed by atoms with Crippen LogP contribution in [0.3, 0.4) is 0 Å². The quantitative estimate of drug-likeness (QED) is 0.797. The van der Waals surface area contributed by atoms with E-state index in [0.717, 1.165) is 17.7 Å². The zero-order valence-corrected chi connectivity index (χ0v) is 13.4. The third-order valence-corrected chi connectivity index (χ3v) is 5.28. The summed E-state index contributed by atoms with van der Waals surface area (Å²) in [6.07, 6.45) is 3.61. The minimum absolute atomic E-state index is 0.0418. The molecule has 0 radical (unpaired) electrons. The lowest BCUT2D eigenvalue weighted by atomic mass is 10.2. The molecular formula is C13H15N5OS2. The molecule has 3 aromatic heterocycles. The number of hydrogen-bond acceptors (Lipinski definition) is 7. The highest BCUT2D eigenvalue weighted by Crippen LogP contribution is 2.25. The van der Waals surface area contributed by atoms with E-state index in [0.29, 0.717) is 15.5 Å². The van der Waals surface area contributed by atoms with Crippen LogP contribution in [-0.4, -0.2) is 19.7 Å². The predicted molar refractivity (Wildman–Crippen MR) is 86.0 cm³/mol. The lowest BCUT2D eigenvalue weighted by Gasteiger charge is -2.10. The molecule has 8 heteroatoms. The van der Waals surface area contributed by atoms with E-state index in [2.05, 4.69) is 22.1 Å². The van der Waals surface area contributed by atoms with E-state index in [1.54, 1.807) is 22.2 Å². The first-order valence-electron chi connectivity index (χ1n) is 6.68. The van der Waals surface area contributed by atoms with Crippen molar-refractivity contribution in [1.82, 2.24) is 19.7 Å². The number of hydrogen-bond donors (Lipinski definition) is 1. The smallest absolute Gasteiger partial charge is 0.262 e. The van der Waals surface area contributed by atoms with Crippen molar-refractivity contribution < 1.29 is 0 Å². The van der Waals surface area contributed by atoms with Gasteiger partial charge in [0, 0.05) is 4.88 Å². The lowest BCUT2D eigenvalue weighted by Crippen LogP contribution is -2.23. The molecule has 21 heavy (non-hydrogen) atoms. The van der Waals surface area contributed by atoms with Gasteiger partial charge in [-0.2, -0.15) is 0 Å². The molecule has 0 saturated heterocycles. The zero-order chi connectivity index (χ0) is 15.0. The number of fused-ring (bicyclic) bond motifs is 1. The first-order valence-corrected chi connectivity index (χ1v) is 8.32. The summed E-state index contributed by atoms with van der Waals surface area (Å²) in [5, 5.41) is 9.59. The fourth-order valence-electron chi connectivity index (χ4n) is 2.17. The molecule has 0 aliphatic rings. The Balaban J connectivity index is 2.07. The molecule has 0 aromatic carbocycles. The molecule has 3 rings (SSSR count). The van der Waals surface area contributed by atoms with Crippen LogP contribution < -0.4 is 11.3 Å². The average molecular weight is 321 g/mol. The molecule has 0 amide bonds. The number of rotatable bonds is 4. The summed E-state index contributed by atoms with van der Waals surface area (Å²) in [5.74, 6) is 0. The second-order valence-corrected chi connectivity index (χ2v) is 6.95. The third kappa shape index (κ3) is 2.56. The van der Waals surface area contributed by atoms with Gasteiger partial charge in [0.25, 0.3) is 5.56 Å². The molecule has 2 N–H and O–H groups in total. The van der Waals surface area contributed by atoms with Crippen LogP contribution in [0.1, 0.15) is 36.2 Å². The van der Waals surface area contributed by atoms with Gasteiger partial charge in [0.2, 0.25) is 5.13 Å². The van der Waals surface area contributed by atoms with E-state index in [4.69, 9.17) is 5.73 Å². The van der Waals surface area contributed by atoms with Crippen molar-refractivity contribution in [3.63, 3.8) is 0 Å². The number of nitrogens with two attached hydrogens (primary N) is 1. The highest BCUT2D eigenvalue weighted by molar-refractivity contribution is 7.18. The Kier molecular flexibility index (Phi) is 3.73. The molecule has 0 aliphatic carbocycles. The van der Waals surface area contributed by atoms with Crippen molar-refractivity contribution in [2.45, 2.75) is 32.7 Å². The van der Waals surface area contributed by atoms with E-state index in [-0.39, 0.29) is 11.6 Å². The maximum Gasteiger partial charge on any atom is 0.262 e. The minimum Gasteiger partial charge on any atom is -0.374 e. The monoisotopic (exact) mass is 321 g/mol. The number of aromatic nitrogens is 4. The third-order valence-electron chi connectivity index (χ3n) is 3.26. The van der Waals surface area contributed by atoms with Crippen LogP contribution in [0.15, 0.2) is 17.2 Å². The van der Waals surface area contributed by atoms with Gasteiger partial charge in [-0.15, -0.1) is 21.5 Å². The summed E-state index contributed by atoms with van der Waals surface area (Å²) in [6, 6.07) is 1.73. The van der Waals surface area contributed by atoms with Gasteiger partial charge in [-0.05, 0) is 19.4 Å². The molecule has 110 valence electrons. The van der Waals surface area contributed by atoms with Gasteiger partial charge in [0.1, 0.15) is 9.84 Å². The van der Waals surface area contributed by atoms with Gasteiger partial charge >= 0.3 is 0 Å². The van der Waals surface area contributed by atoms with Crippen molar-refractivity contribution in [2.75, 3.05) is 5.73 Å². The van der Waals surface area contributed by atoms with E-state index in [1.165, 1.54) is 16.2 Å². The van der Waals surface area contributed by atoms with Gasteiger partial charge in [-0.1, -0.05) is 24.7 Å². The number of nitrogen functional groups attached to an aromatic ring is 1. The van der Waals surface area contributed by atoms with E-state index >= 15 is 0 Å². The summed E-state index contributed by atoms with van der Waals surface area (Å²) in [4.78, 5) is 19.0. The summed E-state index contributed by atoms with van der Waals surface area (Å²) in [7, 11) is 0. The van der Waals surface area contributed by atoms with Gasteiger partial charge in [0.15, 0.2) is 0 Å². The summed E-state index contributed by atoms with van der Waals surface area (Å²) >= 11 is 2.88. The molecule has 6 nitrogen and oxygen atoms in total. The molecule has 3 heterocycles. The summed E-state index contributed by atoms with van der Waals surface area (Å²) in [5.41, 5.74) is 5.56. The summed E-state index contributed by atoms with van der Waals surface area (Å²) < 4.78 is 1.59. The average Bonchev–Trinajstić information content (AvgIpc) is 3.05. The molecular weight excluding hydrogens is 306 g/mol. The standard InChI is InChI=1S/C13H15N5OS2/c1-3-4-8-5-9-11(20-8)15-6-18(12(9)19)7(2)10-16-17-13(14)21-10/h5-7H,3-4H2,1-2H3,(H2,14,17)/t7-/m1/s1. The van der Waals surface area contributed by atoms with Gasteiger partial charge in [0.05, 0.1) is 17.8 Å². The first-order chi connectivity index (χ1) is 10.1. The molecule has 0 fully saturated rings. The Morgan fingerprint density at radius 1 is 1.38 bits per heavy atom. The number of thiophene rings is 1. The van der Waals surface area contributed by atoms with Crippen molar-refractivity contribution in [3.8, 4) is 0 Å². The van der Waals surface area contributed by atoms with Crippen LogP contribution in [-0.2, 0) is 6.42 Å². The van der Waals surface area contributed by atoms with Gasteiger partial charge in [-0.25, -0.2) is 4.98 Å². The normalized spacial score (nSPS) is 12.9. The second-order valence-electron chi connectivity index (χ2n) is 4.79. The Hall–Kier alpha value is -1.80. The molecule has 0 unspecified atom stereocenters. The topological polar surface area (TPSA) is 86.7 Å². The van der Waals surface area contributed by atoms with Crippen LogP contribution >= 0.6 is 22.7 Å². The summed E-state index contributed by atoms with van der Waals surface area (Å²) in [6.45, 7) is 4.02. The van der Waals surface area contributed by atoms with Crippen LogP contribution in [0.4, 0.5) is 5.13 Å².